The van der Waals surface area contributed by atoms with Gasteiger partial charge >= 0.3 is 0 Å². The van der Waals surface area contributed by atoms with Crippen molar-refractivity contribution in [3.63, 3.8) is 0 Å². The van der Waals surface area contributed by atoms with Gasteiger partial charge in [-0.15, -0.1) is 0 Å². The van der Waals surface area contributed by atoms with Crippen LogP contribution in [-0.2, 0) is 0 Å². The van der Waals surface area contributed by atoms with E-state index >= 15 is 0 Å². The Morgan fingerprint density at radius 1 is 1.47 bits per heavy atom. The van der Waals surface area contributed by atoms with Gasteiger partial charge in [-0.25, -0.2) is 0 Å². The quantitative estimate of drug-likeness (QED) is 0.715. The van der Waals surface area contributed by atoms with Crippen molar-refractivity contribution in [2.45, 2.75) is 38.6 Å². The first-order valence-electron chi connectivity index (χ1n) is 6.11. The zero-order valence-electron chi connectivity index (χ0n) is 9.63. The maximum absolute atomic E-state index is 8.81. The molecule has 0 unspecified atom stereocenters. The third-order valence-corrected chi connectivity index (χ3v) is 3.74. The number of hydrogen-bond acceptors (Lipinski definition) is 3. The molecule has 1 aliphatic heterocycles. The summed E-state index contributed by atoms with van der Waals surface area (Å²) in [6.07, 6.45) is 4.51. The minimum absolute atomic E-state index is 0.375. The Kier molecular flexibility index (Phi) is 3.28. The highest BCUT2D eigenvalue weighted by Crippen LogP contribution is 2.49. The van der Waals surface area contributed by atoms with Crippen molar-refractivity contribution in [3.8, 4) is 6.07 Å². The van der Waals surface area contributed by atoms with Gasteiger partial charge in [0.1, 0.15) is 0 Å². The number of rotatable bonds is 6. The van der Waals surface area contributed by atoms with Gasteiger partial charge in [0.15, 0.2) is 0 Å². The van der Waals surface area contributed by atoms with Crippen LogP contribution < -0.4 is 5.32 Å². The van der Waals surface area contributed by atoms with Gasteiger partial charge in [0, 0.05) is 32.1 Å². The van der Waals surface area contributed by atoms with Crippen molar-refractivity contribution >= 4 is 0 Å². The Morgan fingerprint density at radius 2 is 2.20 bits per heavy atom. The molecule has 0 radical (unpaired) electrons. The molecular weight excluding hydrogens is 186 g/mol. The van der Waals surface area contributed by atoms with E-state index in [1.807, 2.05) is 0 Å². The van der Waals surface area contributed by atoms with Crippen molar-refractivity contribution in [3.05, 3.63) is 0 Å². The van der Waals surface area contributed by atoms with Crippen molar-refractivity contribution in [2.24, 2.45) is 5.41 Å². The van der Waals surface area contributed by atoms with Crippen LogP contribution in [0.15, 0.2) is 0 Å². The summed E-state index contributed by atoms with van der Waals surface area (Å²) in [5.74, 6) is 0. The molecule has 0 aromatic rings. The SMILES string of the molecule is CCCN(CC1(CC#N)CC1)C1CNC1. The summed E-state index contributed by atoms with van der Waals surface area (Å²) in [7, 11) is 0. The third-order valence-electron chi connectivity index (χ3n) is 3.74. The molecule has 0 spiro atoms. The average molecular weight is 207 g/mol. The Hall–Kier alpha value is -0.590. The molecule has 1 saturated heterocycles. The van der Waals surface area contributed by atoms with E-state index in [1.54, 1.807) is 0 Å². The second kappa shape index (κ2) is 4.51. The number of nitrogens with zero attached hydrogens (tertiary/aromatic N) is 2. The van der Waals surface area contributed by atoms with Gasteiger partial charge < -0.3 is 5.32 Å². The van der Waals surface area contributed by atoms with E-state index in [0.717, 1.165) is 32.1 Å². The first-order chi connectivity index (χ1) is 7.29. The van der Waals surface area contributed by atoms with Crippen LogP contribution in [0.25, 0.3) is 0 Å². The summed E-state index contributed by atoms with van der Waals surface area (Å²) < 4.78 is 0. The normalized spacial score (nSPS) is 23.5. The minimum atomic E-state index is 0.375. The van der Waals surface area contributed by atoms with Gasteiger partial charge in [0.2, 0.25) is 0 Å². The monoisotopic (exact) mass is 207 g/mol. The van der Waals surface area contributed by atoms with E-state index in [4.69, 9.17) is 5.26 Å². The molecule has 1 saturated carbocycles. The van der Waals surface area contributed by atoms with Crippen molar-refractivity contribution < 1.29 is 0 Å². The van der Waals surface area contributed by atoms with E-state index < -0.39 is 0 Å². The number of nitrogens with one attached hydrogen (secondary N) is 1. The molecule has 0 aromatic carbocycles. The minimum Gasteiger partial charge on any atom is -0.314 e. The summed E-state index contributed by atoms with van der Waals surface area (Å²) in [6.45, 7) is 6.87. The third kappa shape index (κ3) is 2.50. The maximum atomic E-state index is 8.81. The molecule has 0 atom stereocenters. The molecule has 1 heterocycles. The fourth-order valence-electron chi connectivity index (χ4n) is 2.38. The summed E-state index contributed by atoms with van der Waals surface area (Å²) in [6, 6.07) is 3.09. The van der Waals surface area contributed by atoms with Gasteiger partial charge in [0.05, 0.1) is 6.07 Å². The molecule has 3 nitrogen and oxygen atoms in total. The summed E-state index contributed by atoms with van der Waals surface area (Å²) in [5, 5.41) is 12.1. The first kappa shape index (κ1) is 10.9. The summed E-state index contributed by atoms with van der Waals surface area (Å²) in [4.78, 5) is 2.60. The molecule has 1 N–H and O–H groups in total. The molecule has 2 rings (SSSR count). The van der Waals surface area contributed by atoms with E-state index in [0.29, 0.717) is 5.41 Å². The van der Waals surface area contributed by atoms with Crippen LogP contribution in [0.5, 0.6) is 0 Å². The Labute approximate surface area is 92.4 Å². The van der Waals surface area contributed by atoms with Crippen LogP contribution in [0.3, 0.4) is 0 Å². The lowest BCUT2D eigenvalue weighted by Gasteiger charge is -2.40. The smallest absolute Gasteiger partial charge is 0.0628 e. The molecule has 15 heavy (non-hydrogen) atoms. The molecule has 0 aromatic heterocycles. The highest BCUT2D eigenvalue weighted by atomic mass is 15.2. The van der Waals surface area contributed by atoms with Crippen molar-refractivity contribution in [1.29, 1.82) is 5.26 Å². The molecule has 2 fully saturated rings. The van der Waals surface area contributed by atoms with Crippen LogP contribution >= 0.6 is 0 Å². The topological polar surface area (TPSA) is 39.1 Å². The van der Waals surface area contributed by atoms with Crippen LogP contribution in [0.4, 0.5) is 0 Å². The number of nitriles is 1. The zero-order valence-corrected chi connectivity index (χ0v) is 9.63. The summed E-state index contributed by atoms with van der Waals surface area (Å²) >= 11 is 0. The van der Waals surface area contributed by atoms with Crippen LogP contribution in [0, 0.1) is 16.7 Å². The van der Waals surface area contributed by atoms with E-state index in [9.17, 15) is 0 Å². The fourth-order valence-corrected chi connectivity index (χ4v) is 2.38. The predicted octanol–water partition coefficient (Wildman–Crippen LogP) is 1.36. The van der Waals surface area contributed by atoms with Gasteiger partial charge in [-0.2, -0.15) is 5.26 Å². The van der Waals surface area contributed by atoms with Gasteiger partial charge in [0.25, 0.3) is 0 Å². The first-order valence-corrected chi connectivity index (χ1v) is 6.11. The maximum Gasteiger partial charge on any atom is 0.0628 e. The van der Waals surface area contributed by atoms with Gasteiger partial charge in [-0.3, -0.25) is 4.90 Å². The molecule has 2 aliphatic rings. The average Bonchev–Trinajstić information content (AvgIpc) is 2.83. The summed E-state index contributed by atoms with van der Waals surface area (Å²) in [5.41, 5.74) is 0.375. The highest BCUT2D eigenvalue weighted by Gasteiger charge is 2.44. The van der Waals surface area contributed by atoms with Crippen LogP contribution in [-0.4, -0.2) is 37.1 Å². The largest absolute Gasteiger partial charge is 0.314 e. The predicted molar refractivity (Wildman–Crippen MR) is 60.4 cm³/mol. The molecule has 84 valence electrons. The Morgan fingerprint density at radius 3 is 2.60 bits per heavy atom. The standard InChI is InChI=1S/C12H21N3/c1-2-7-15(11-8-14-9-11)10-12(3-4-12)5-6-13/h11,14H,2-5,7-10H2,1H3. The number of hydrogen-bond donors (Lipinski definition) is 1. The van der Waals surface area contributed by atoms with Crippen molar-refractivity contribution in [2.75, 3.05) is 26.2 Å². The van der Waals surface area contributed by atoms with Crippen LogP contribution in [0.2, 0.25) is 0 Å². The van der Waals surface area contributed by atoms with E-state index in [2.05, 4.69) is 23.2 Å². The zero-order chi connectivity index (χ0) is 10.7. The second-order valence-electron chi connectivity index (χ2n) is 5.12. The molecule has 3 heteroatoms. The Bertz CT molecular complexity index is 248. The Balaban J connectivity index is 1.85. The lowest BCUT2D eigenvalue weighted by molar-refractivity contribution is 0.118. The van der Waals surface area contributed by atoms with E-state index in [1.165, 1.54) is 25.8 Å². The highest BCUT2D eigenvalue weighted by molar-refractivity contribution is 5.02. The van der Waals surface area contributed by atoms with Gasteiger partial charge in [-0.05, 0) is 31.2 Å². The molecule has 0 amide bonds. The van der Waals surface area contributed by atoms with Gasteiger partial charge in [-0.1, -0.05) is 6.92 Å². The van der Waals surface area contributed by atoms with Crippen molar-refractivity contribution in [1.82, 2.24) is 10.2 Å². The molecule has 1 aliphatic carbocycles. The lowest BCUT2D eigenvalue weighted by Crippen LogP contribution is -2.58. The second-order valence-corrected chi connectivity index (χ2v) is 5.12. The van der Waals surface area contributed by atoms with E-state index in [-0.39, 0.29) is 0 Å². The lowest BCUT2D eigenvalue weighted by atomic mass is 10.00. The van der Waals surface area contributed by atoms with Crippen LogP contribution in [0.1, 0.15) is 32.6 Å². The molecule has 0 bridgehead atoms. The fraction of sp³-hybridized carbons (Fsp3) is 0.917. The molecular formula is C12H21N3.